The summed E-state index contributed by atoms with van der Waals surface area (Å²) in [4.78, 5) is 14.7. The highest BCUT2D eigenvalue weighted by Gasteiger charge is 2.29. The van der Waals surface area contributed by atoms with Gasteiger partial charge in [-0.25, -0.2) is 8.42 Å². The third-order valence-corrected chi connectivity index (χ3v) is 7.90. The van der Waals surface area contributed by atoms with Crippen molar-refractivity contribution in [3.63, 3.8) is 0 Å². The SMILES string of the molecule is O=C(CCN1CCN(S(=O)(=O)c2ccc3c(c2)CCCC3)CC1)Nc1ccccc1. The van der Waals surface area contributed by atoms with Crippen molar-refractivity contribution in [2.75, 3.05) is 38.0 Å². The molecule has 0 bridgehead atoms. The molecule has 0 saturated carbocycles. The lowest BCUT2D eigenvalue weighted by atomic mass is 9.92. The summed E-state index contributed by atoms with van der Waals surface area (Å²) in [7, 11) is -3.46. The Labute approximate surface area is 178 Å². The number of sulfonamides is 1. The van der Waals surface area contributed by atoms with Gasteiger partial charge in [-0.1, -0.05) is 24.3 Å². The van der Waals surface area contributed by atoms with E-state index in [1.807, 2.05) is 42.5 Å². The highest BCUT2D eigenvalue weighted by molar-refractivity contribution is 7.89. The van der Waals surface area contributed by atoms with E-state index in [1.165, 1.54) is 17.5 Å². The van der Waals surface area contributed by atoms with Crippen LogP contribution in [-0.2, 0) is 27.7 Å². The van der Waals surface area contributed by atoms with E-state index in [4.69, 9.17) is 0 Å². The average Bonchev–Trinajstić information content (AvgIpc) is 2.78. The number of para-hydroxylation sites is 1. The molecular weight excluding hydrogens is 398 g/mol. The normalized spacial score (nSPS) is 18.0. The van der Waals surface area contributed by atoms with E-state index >= 15 is 0 Å². The number of hydrogen-bond donors (Lipinski definition) is 1. The molecule has 2 aromatic carbocycles. The molecule has 0 atom stereocenters. The number of benzene rings is 2. The number of carbonyl (C=O) groups is 1. The average molecular weight is 428 g/mol. The van der Waals surface area contributed by atoms with E-state index in [0.29, 0.717) is 44.0 Å². The van der Waals surface area contributed by atoms with Gasteiger partial charge in [0.15, 0.2) is 0 Å². The summed E-state index contributed by atoms with van der Waals surface area (Å²) in [5.41, 5.74) is 3.27. The Balaban J connectivity index is 1.29. The van der Waals surface area contributed by atoms with Gasteiger partial charge in [-0.05, 0) is 61.1 Å². The van der Waals surface area contributed by atoms with Gasteiger partial charge in [-0.2, -0.15) is 4.31 Å². The quantitative estimate of drug-likeness (QED) is 0.770. The molecule has 4 rings (SSSR count). The summed E-state index contributed by atoms with van der Waals surface area (Å²) < 4.78 is 27.8. The first-order chi connectivity index (χ1) is 14.5. The number of fused-ring (bicyclic) bond motifs is 1. The molecular formula is C23H29N3O3S. The Morgan fingerprint density at radius 2 is 1.60 bits per heavy atom. The van der Waals surface area contributed by atoms with Gasteiger partial charge in [0.1, 0.15) is 0 Å². The van der Waals surface area contributed by atoms with Crippen molar-refractivity contribution < 1.29 is 13.2 Å². The van der Waals surface area contributed by atoms with Crippen LogP contribution in [0.2, 0.25) is 0 Å². The predicted octanol–water partition coefficient (Wildman–Crippen LogP) is 2.90. The summed E-state index contributed by atoms with van der Waals surface area (Å²) in [5, 5.41) is 2.89. The molecule has 6 nitrogen and oxygen atoms in total. The zero-order valence-corrected chi connectivity index (χ0v) is 18.0. The molecule has 1 saturated heterocycles. The molecule has 1 amide bonds. The van der Waals surface area contributed by atoms with Gasteiger partial charge in [0.2, 0.25) is 15.9 Å². The first-order valence-corrected chi connectivity index (χ1v) is 12.2. The highest BCUT2D eigenvalue weighted by atomic mass is 32.2. The highest BCUT2D eigenvalue weighted by Crippen LogP contribution is 2.26. The van der Waals surface area contributed by atoms with E-state index in [1.54, 1.807) is 10.4 Å². The number of rotatable bonds is 6. The van der Waals surface area contributed by atoms with Crippen molar-refractivity contribution in [1.82, 2.24) is 9.21 Å². The number of nitrogens with one attached hydrogen (secondary N) is 1. The Morgan fingerprint density at radius 3 is 2.33 bits per heavy atom. The molecule has 0 aromatic heterocycles. The first-order valence-electron chi connectivity index (χ1n) is 10.7. The van der Waals surface area contributed by atoms with Gasteiger partial charge in [-0.3, -0.25) is 4.79 Å². The van der Waals surface area contributed by atoms with Crippen LogP contribution in [0, 0.1) is 0 Å². The number of anilines is 1. The molecule has 0 radical (unpaired) electrons. The van der Waals surface area contributed by atoms with Crippen molar-refractivity contribution in [3.05, 3.63) is 59.7 Å². The lowest BCUT2D eigenvalue weighted by molar-refractivity contribution is -0.116. The largest absolute Gasteiger partial charge is 0.326 e. The molecule has 30 heavy (non-hydrogen) atoms. The third-order valence-electron chi connectivity index (χ3n) is 6.00. The summed E-state index contributed by atoms with van der Waals surface area (Å²) >= 11 is 0. The van der Waals surface area contributed by atoms with Crippen LogP contribution in [0.3, 0.4) is 0 Å². The van der Waals surface area contributed by atoms with Gasteiger partial charge in [0, 0.05) is 44.8 Å². The van der Waals surface area contributed by atoms with Crippen molar-refractivity contribution >= 4 is 21.6 Å². The minimum atomic E-state index is -3.46. The summed E-state index contributed by atoms with van der Waals surface area (Å²) in [6.07, 6.45) is 4.73. The standard InChI is InChI=1S/C23H29N3O3S/c27-23(24-21-8-2-1-3-9-21)12-13-25-14-16-26(17-15-25)30(28,29)22-11-10-19-6-4-5-7-20(19)18-22/h1-3,8-11,18H,4-7,12-17H2,(H,24,27). The zero-order chi connectivity index (χ0) is 21.0. The van der Waals surface area contributed by atoms with Gasteiger partial charge in [0.05, 0.1) is 4.90 Å². The van der Waals surface area contributed by atoms with Gasteiger partial charge < -0.3 is 10.2 Å². The fourth-order valence-corrected chi connectivity index (χ4v) is 5.69. The molecule has 1 N–H and O–H groups in total. The van der Waals surface area contributed by atoms with E-state index in [2.05, 4.69) is 10.2 Å². The Kier molecular flexibility index (Phi) is 6.51. The number of carbonyl (C=O) groups excluding carboxylic acids is 1. The molecule has 1 aliphatic carbocycles. The number of amides is 1. The molecule has 160 valence electrons. The summed E-state index contributed by atoms with van der Waals surface area (Å²) in [5.74, 6) is -0.0229. The molecule has 7 heteroatoms. The molecule has 1 aliphatic heterocycles. The lowest BCUT2D eigenvalue weighted by Crippen LogP contribution is -2.49. The first kappa shape index (κ1) is 21.0. The second-order valence-corrected chi connectivity index (χ2v) is 9.99. The fraction of sp³-hybridized carbons (Fsp3) is 0.435. The van der Waals surface area contributed by atoms with Crippen molar-refractivity contribution in [1.29, 1.82) is 0 Å². The minimum absolute atomic E-state index is 0.0229. The summed E-state index contributed by atoms with van der Waals surface area (Å²) in [6.45, 7) is 2.83. The fourth-order valence-electron chi connectivity index (χ4n) is 4.22. The molecule has 0 unspecified atom stereocenters. The Morgan fingerprint density at radius 1 is 0.900 bits per heavy atom. The summed E-state index contributed by atoms with van der Waals surface area (Å²) in [6, 6.07) is 15.0. The van der Waals surface area contributed by atoms with Crippen LogP contribution in [0.25, 0.3) is 0 Å². The number of piperazine rings is 1. The smallest absolute Gasteiger partial charge is 0.243 e. The molecule has 0 spiro atoms. The maximum Gasteiger partial charge on any atom is 0.243 e. The molecule has 2 aromatic rings. The molecule has 1 heterocycles. The number of aryl methyl sites for hydroxylation is 2. The Hall–Kier alpha value is -2.22. The zero-order valence-electron chi connectivity index (χ0n) is 17.2. The van der Waals surface area contributed by atoms with Crippen LogP contribution < -0.4 is 5.32 Å². The monoisotopic (exact) mass is 427 g/mol. The van der Waals surface area contributed by atoms with Crippen LogP contribution >= 0.6 is 0 Å². The van der Waals surface area contributed by atoms with Crippen LogP contribution in [-0.4, -0.2) is 56.3 Å². The van der Waals surface area contributed by atoms with E-state index < -0.39 is 10.0 Å². The number of nitrogens with zero attached hydrogens (tertiary/aromatic N) is 2. The van der Waals surface area contributed by atoms with Crippen LogP contribution in [0.4, 0.5) is 5.69 Å². The van der Waals surface area contributed by atoms with E-state index in [-0.39, 0.29) is 5.91 Å². The van der Waals surface area contributed by atoms with E-state index in [9.17, 15) is 13.2 Å². The second kappa shape index (κ2) is 9.29. The van der Waals surface area contributed by atoms with Crippen molar-refractivity contribution in [3.8, 4) is 0 Å². The van der Waals surface area contributed by atoms with Crippen LogP contribution in [0.5, 0.6) is 0 Å². The maximum absolute atomic E-state index is 13.1. The number of hydrogen-bond acceptors (Lipinski definition) is 4. The second-order valence-electron chi connectivity index (χ2n) is 8.05. The van der Waals surface area contributed by atoms with Gasteiger partial charge in [-0.15, -0.1) is 0 Å². The van der Waals surface area contributed by atoms with Crippen LogP contribution in [0.1, 0.15) is 30.4 Å². The van der Waals surface area contributed by atoms with E-state index in [0.717, 1.165) is 24.9 Å². The van der Waals surface area contributed by atoms with Crippen LogP contribution in [0.15, 0.2) is 53.4 Å². The molecule has 2 aliphatic rings. The molecule has 1 fully saturated rings. The van der Waals surface area contributed by atoms with Crippen molar-refractivity contribution in [2.24, 2.45) is 0 Å². The van der Waals surface area contributed by atoms with Gasteiger partial charge >= 0.3 is 0 Å². The lowest BCUT2D eigenvalue weighted by Gasteiger charge is -2.34. The van der Waals surface area contributed by atoms with Gasteiger partial charge in [0.25, 0.3) is 0 Å². The van der Waals surface area contributed by atoms with Crippen molar-refractivity contribution in [2.45, 2.75) is 37.0 Å². The minimum Gasteiger partial charge on any atom is -0.326 e. The topological polar surface area (TPSA) is 69.7 Å². The Bertz CT molecular complexity index is 984. The third kappa shape index (κ3) is 4.91. The predicted molar refractivity (Wildman–Crippen MR) is 118 cm³/mol. The maximum atomic E-state index is 13.1.